The Morgan fingerprint density at radius 1 is 1.26 bits per heavy atom. The average Bonchev–Trinajstić information content (AvgIpc) is 3.20. The zero-order valence-electron chi connectivity index (χ0n) is 10.4. The van der Waals surface area contributed by atoms with Gasteiger partial charge in [-0.25, -0.2) is 9.59 Å². The van der Waals surface area contributed by atoms with E-state index in [9.17, 15) is 9.59 Å². The molecule has 1 fully saturated rings. The molecule has 1 aromatic rings. The summed E-state index contributed by atoms with van der Waals surface area (Å²) in [5, 5.41) is 20.4. The van der Waals surface area contributed by atoms with Crippen LogP contribution in [0.1, 0.15) is 23.2 Å². The van der Waals surface area contributed by atoms with Gasteiger partial charge in [-0.1, -0.05) is 0 Å². The van der Waals surface area contributed by atoms with Crippen LogP contribution in [0.5, 0.6) is 0 Å². The molecule has 0 radical (unpaired) electrons. The van der Waals surface area contributed by atoms with E-state index in [1.165, 1.54) is 12.1 Å². The minimum absolute atomic E-state index is 0.0676. The standard InChI is InChI=1S/C13H16N2O4/c16-8-7-15(11-5-6-11)13(19)14-10-3-1-9(2-4-10)12(17)18/h1-4,11,16H,5-8H2,(H,14,19)(H,17,18). The quantitative estimate of drug-likeness (QED) is 0.749. The van der Waals surface area contributed by atoms with E-state index in [-0.39, 0.29) is 24.2 Å². The first kappa shape index (κ1) is 13.4. The summed E-state index contributed by atoms with van der Waals surface area (Å²) in [4.78, 5) is 24.3. The van der Waals surface area contributed by atoms with E-state index in [0.29, 0.717) is 12.2 Å². The lowest BCUT2D eigenvalue weighted by molar-refractivity contribution is 0.0697. The third-order valence-corrected chi connectivity index (χ3v) is 2.97. The molecule has 0 unspecified atom stereocenters. The smallest absolute Gasteiger partial charge is 0.335 e. The highest BCUT2D eigenvalue weighted by atomic mass is 16.4. The second kappa shape index (κ2) is 5.71. The van der Waals surface area contributed by atoms with E-state index in [0.717, 1.165) is 12.8 Å². The lowest BCUT2D eigenvalue weighted by Crippen LogP contribution is -2.38. The van der Waals surface area contributed by atoms with Gasteiger partial charge < -0.3 is 20.4 Å². The molecule has 0 heterocycles. The molecule has 2 rings (SSSR count). The van der Waals surface area contributed by atoms with Crippen LogP contribution in [0.4, 0.5) is 10.5 Å². The lowest BCUT2D eigenvalue weighted by Gasteiger charge is -2.21. The molecule has 6 nitrogen and oxygen atoms in total. The van der Waals surface area contributed by atoms with E-state index < -0.39 is 5.97 Å². The summed E-state index contributed by atoms with van der Waals surface area (Å²) >= 11 is 0. The molecule has 0 aromatic heterocycles. The fraction of sp³-hybridized carbons (Fsp3) is 0.385. The Morgan fingerprint density at radius 2 is 1.89 bits per heavy atom. The predicted molar refractivity (Wildman–Crippen MR) is 69.2 cm³/mol. The third-order valence-electron chi connectivity index (χ3n) is 2.97. The summed E-state index contributed by atoms with van der Waals surface area (Å²) in [6, 6.07) is 5.92. The van der Waals surface area contributed by atoms with Crippen molar-refractivity contribution in [1.29, 1.82) is 0 Å². The summed E-state index contributed by atoms with van der Waals surface area (Å²) in [5.74, 6) is -1.00. The zero-order valence-corrected chi connectivity index (χ0v) is 10.4. The number of anilines is 1. The first-order valence-corrected chi connectivity index (χ1v) is 6.13. The number of carbonyl (C=O) groups excluding carboxylic acids is 1. The lowest BCUT2D eigenvalue weighted by atomic mass is 10.2. The van der Waals surface area contributed by atoms with Crippen LogP contribution in [-0.2, 0) is 0 Å². The topological polar surface area (TPSA) is 89.9 Å². The number of carbonyl (C=O) groups is 2. The fourth-order valence-electron chi connectivity index (χ4n) is 1.84. The van der Waals surface area contributed by atoms with Gasteiger partial charge in [0, 0.05) is 18.3 Å². The summed E-state index contributed by atoms with van der Waals surface area (Å²) in [6.07, 6.45) is 1.93. The normalized spacial score (nSPS) is 13.9. The molecule has 2 amide bonds. The van der Waals surface area contributed by atoms with E-state index in [1.807, 2.05) is 0 Å². The van der Waals surface area contributed by atoms with Gasteiger partial charge in [0.1, 0.15) is 0 Å². The van der Waals surface area contributed by atoms with Crippen LogP contribution in [0.15, 0.2) is 24.3 Å². The van der Waals surface area contributed by atoms with Crippen molar-refractivity contribution >= 4 is 17.7 Å². The molecule has 1 aliphatic rings. The Labute approximate surface area is 110 Å². The van der Waals surface area contributed by atoms with Gasteiger partial charge in [0.25, 0.3) is 0 Å². The third kappa shape index (κ3) is 3.45. The van der Waals surface area contributed by atoms with Gasteiger partial charge in [0.15, 0.2) is 0 Å². The maximum atomic E-state index is 12.0. The highest BCUT2D eigenvalue weighted by Gasteiger charge is 2.32. The van der Waals surface area contributed by atoms with E-state index in [1.54, 1.807) is 17.0 Å². The summed E-state index contributed by atoms with van der Waals surface area (Å²) in [6.45, 7) is 0.242. The van der Waals surface area contributed by atoms with Gasteiger partial charge in [0.2, 0.25) is 0 Å². The number of aliphatic hydroxyl groups excluding tert-OH is 1. The fourth-order valence-corrected chi connectivity index (χ4v) is 1.84. The minimum atomic E-state index is -1.00. The van der Waals surface area contributed by atoms with Crippen LogP contribution in [0, 0.1) is 0 Å². The Balaban J connectivity index is 1.99. The number of benzene rings is 1. The van der Waals surface area contributed by atoms with Gasteiger partial charge in [-0.2, -0.15) is 0 Å². The van der Waals surface area contributed by atoms with Crippen molar-refractivity contribution in [3.8, 4) is 0 Å². The number of aromatic carboxylic acids is 1. The summed E-state index contributed by atoms with van der Waals surface area (Å²) in [5.41, 5.74) is 0.714. The highest BCUT2D eigenvalue weighted by molar-refractivity contribution is 5.91. The number of carboxylic acids is 1. The van der Waals surface area contributed by atoms with Crippen LogP contribution >= 0.6 is 0 Å². The van der Waals surface area contributed by atoms with Crippen molar-refractivity contribution in [2.24, 2.45) is 0 Å². The van der Waals surface area contributed by atoms with E-state index in [4.69, 9.17) is 10.2 Å². The van der Waals surface area contributed by atoms with E-state index in [2.05, 4.69) is 5.32 Å². The molecule has 1 saturated carbocycles. The molecule has 1 aliphatic carbocycles. The molecule has 19 heavy (non-hydrogen) atoms. The first-order chi connectivity index (χ1) is 9.11. The van der Waals surface area contributed by atoms with E-state index >= 15 is 0 Å². The van der Waals surface area contributed by atoms with Crippen molar-refractivity contribution < 1.29 is 19.8 Å². The van der Waals surface area contributed by atoms with Crippen molar-refractivity contribution in [1.82, 2.24) is 4.90 Å². The van der Waals surface area contributed by atoms with Crippen LogP contribution in [-0.4, -0.2) is 46.3 Å². The number of nitrogens with zero attached hydrogens (tertiary/aromatic N) is 1. The first-order valence-electron chi connectivity index (χ1n) is 6.13. The molecular weight excluding hydrogens is 248 g/mol. The van der Waals surface area contributed by atoms with Gasteiger partial charge >= 0.3 is 12.0 Å². The maximum absolute atomic E-state index is 12.0. The van der Waals surface area contributed by atoms with Crippen LogP contribution in [0.2, 0.25) is 0 Å². The maximum Gasteiger partial charge on any atom is 0.335 e. The number of urea groups is 1. The molecule has 6 heteroatoms. The summed E-state index contributed by atoms with van der Waals surface area (Å²) in [7, 11) is 0. The molecule has 102 valence electrons. The number of hydrogen-bond acceptors (Lipinski definition) is 3. The highest BCUT2D eigenvalue weighted by Crippen LogP contribution is 2.27. The Bertz CT molecular complexity index is 468. The molecule has 3 N–H and O–H groups in total. The second-order valence-electron chi connectivity index (χ2n) is 4.46. The molecule has 0 atom stereocenters. The van der Waals surface area contributed by atoms with Gasteiger partial charge in [-0.3, -0.25) is 0 Å². The summed E-state index contributed by atoms with van der Waals surface area (Å²) < 4.78 is 0. The number of aliphatic hydroxyl groups is 1. The second-order valence-corrected chi connectivity index (χ2v) is 4.46. The van der Waals surface area contributed by atoms with Crippen LogP contribution in [0.3, 0.4) is 0 Å². The average molecular weight is 264 g/mol. The monoisotopic (exact) mass is 264 g/mol. The van der Waals surface area contributed by atoms with Gasteiger partial charge in [0.05, 0.1) is 12.2 Å². The zero-order chi connectivity index (χ0) is 13.8. The van der Waals surface area contributed by atoms with Gasteiger partial charge in [-0.15, -0.1) is 0 Å². The van der Waals surface area contributed by atoms with Gasteiger partial charge in [-0.05, 0) is 37.1 Å². The number of nitrogens with one attached hydrogen (secondary N) is 1. The molecule has 0 spiro atoms. The van der Waals surface area contributed by atoms with Crippen molar-refractivity contribution in [3.63, 3.8) is 0 Å². The number of amides is 2. The molecule has 0 saturated heterocycles. The molecule has 0 aliphatic heterocycles. The molecule has 1 aromatic carbocycles. The largest absolute Gasteiger partial charge is 0.478 e. The Kier molecular flexibility index (Phi) is 4.01. The predicted octanol–water partition coefficient (Wildman–Crippen LogP) is 1.37. The Morgan fingerprint density at radius 3 is 2.37 bits per heavy atom. The van der Waals surface area contributed by atoms with Crippen LogP contribution in [0.25, 0.3) is 0 Å². The Hall–Kier alpha value is -2.08. The number of carboxylic acid groups (broad SMARTS) is 1. The number of rotatable bonds is 5. The van der Waals surface area contributed by atoms with Crippen molar-refractivity contribution in [3.05, 3.63) is 29.8 Å². The van der Waals surface area contributed by atoms with Crippen LogP contribution < -0.4 is 5.32 Å². The SMILES string of the molecule is O=C(O)c1ccc(NC(=O)N(CCO)C2CC2)cc1. The minimum Gasteiger partial charge on any atom is -0.478 e. The number of hydrogen-bond donors (Lipinski definition) is 3. The van der Waals surface area contributed by atoms with Crippen molar-refractivity contribution in [2.75, 3.05) is 18.5 Å². The molecular formula is C13H16N2O4. The van der Waals surface area contributed by atoms with Crippen molar-refractivity contribution in [2.45, 2.75) is 18.9 Å². The molecule has 0 bridgehead atoms.